The number of fused-ring (bicyclic) bond motifs is 1. The lowest BCUT2D eigenvalue weighted by atomic mass is 10.2. The highest BCUT2D eigenvalue weighted by Gasteiger charge is 2.30. The maximum atomic E-state index is 10.3. The van der Waals surface area contributed by atoms with Crippen molar-refractivity contribution >= 4 is 44.6 Å². The summed E-state index contributed by atoms with van der Waals surface area (Å²) in [7, 11) is 0. The van der Waals surface area contributed by atoms with Crippen LogP contribution in [0.3, 0.4) is 0 Å². The van der Waals surface area contributed by atoms with Crippen molar-refractivity contribution in [3.05, 3.63) is 64.1 Å². The maximum Gasteiger partial charge on any atom is 0.156 e. The molecule has 7 nitrogen and oxygen atoms in total. The molecule has 0 saturated heterocycles. The van der Waals surface area contributed by atoms with Crippen LogP contribution >= 0.6 is 15.9 Å². The average molecular weight is 412 g/mol. The van der Waals surface area contributed by atoms with Gasteiger partial charge < -0.3 is 15.2 Å². The number of hydrogen-bond acceptors (Lipinski definition) is 5. The van der Waals surface area contributed by atoms with Crippen LogP contribution in [0.2, 0.25) is 0 Å². The van der Waals surface area contributed by atoms with E-state index in [4.69, 9.17) is 5.41 Å². The van der Waals surface area contributed by atoms with Crippen LogP contribution in [0.4, 0.5) is 0 Å². The number of halogens is 1. The van der Waals surface area contributed by atoms with Crippen LogP contribution in [0.25, 0.3) is 16.6 Å². The lowest BCUT2D eigenvalue weighted by molar-refractivity contribution is 0.358. The number of benzene rings is 2. The van der Waals surface area contributed by atoms with Crippen LogP contribution in [0.1, 0.15) is 11.4 Å². The van der Waals surface area contributed by atoms with Crippen LogP contribution < -0.4 is 0 Å². The molecule has 0 spiro atoms. The van der Waals surface area contributed by atoms with Gasteiger partial charge in [-0.25, -0.2) is 9.99 Å². The molecule has 0 unspecified atom stereocenters. The first-order valence-corrected chi connectivity index (χ1v) is 8.58. The number of imidazole rings is 1. The molecule has 0 aliphatic carbocycles. The minimum Gasteiger partial charge on any atom is -0.509 e. The first kappa shape index (κ1) is 16.3. The van der Waals surface area contributed by atoms with Crippen molar-refractivity contribution in [2.45, 2.75) is 0 Å². The zero-order valence-electron chi connectivity index (χ0n) is 13.4. The molecule has 0 amide bonds. The number of phenolic OH excluding ortho intramolecular Hbond substituents is 1. The standard InChI is InChI=1S/C18H14BrN5O2/c19-11-5-6-14(25)10(7-11)8-21-24-9-15(26)16(17(24)20)18-22-12-3-1-2-4-13(12)23-18/h1-8,20,25-26H,9H2,(H,22,23)/b20-17?,21-8+. The largest absolute Gasteiger partial charge is 0.509 e. The van der Waals surface area contributed by atoms with Crippen molar-refractivity contribution in [1.29, 1.82) is 5.41 Å². The molecule has 1 aliphatic heterocycles. The molecule has 4 N–H and O–H groups in total. The lowest BCUT2D eigenvalue weighted by Gasteiger charge is -2.11. The van der Waals surface area contributed by atoms with E-state index in [2.05, 4.69) is 31.0 Å². The van der Waals surface area contributed by atoms with Gasteiger partial charge in [0.05, 0.1) is 17.2 Å². The minimum atomic E-state index is 0.0182. The molecule has 8 heteroatoms. The molecule has 0 fully saturated rings. The summed E-state index contributed by atoms with van der Waals surface area (Å²) in [4.78, 5) is 7.55. The third-order valence-electron chi connectivity index (χ3n) is 4.03. The number of amidine groups is 1. The Morgan fingerprint density at radius 3 is 2.85 bits per heavy atom. The topological polar surface area (TPSA) is 109 Å². The molecule has 1 aliphatic rings. The van der Waals surface area contributed by atoms with Crippen molar-refractivity contribution in [1.82, 2.24) is 15.0 Å². The molecule has 2 heterocycles. The van der Waals surface area contributed by atoms with E-state index in [1.165, 1.54) is 11.2 Å². The van der Waals surface area contributed by atoms with Crippen molar-refractivity contribution in [3.63, 3.8) is 0 Å². The predicted octanol–water partition coefficient (Wildman–Crippen LogP) is 3.63. The van der Waals surface area contributed by atoms with Gasteiger partial charge >= 0.3 is 0 Å². The van der Waals surface area contributed by atoms with Gasteiger partial charge in [0.15, 0.2) is 5.84 Å². The summed E-state index contributed by atoms with van der Waals surface area (Å²) < 4.78 is 0.803. The van der Waals surface area contributed by atoms with Crippen LogP contribution in [0.5, 0.6) is 5.75 Å². The number of H-pyrrole nitrogens is 1. The van der Waals surface area contributed by atoms with Crippen molar-refractivity contribution in [2.75, 3.05) is 6.54 Å². The molecule has 0 atom stereocenters. The molecule has 26 heavy (non-hydrogen) atoms. The summed E-state index contributed by atoms with van der Waals surface area (Å²) in [5.74, 6) is 0.561. The van der Waals surface area contributed by atoms with Crippen molar-refractivity contribution < 1.29 is 10.2 Å². The van der Waals surface area contributed by atoms with E-state index < -0.39 is 0 Å². The number of para-hydroxylation sites is 2. The molecule has 1 aromatic heterocycles. The zero-order valence-corrected chi connectivity index (χ0v) is 15.0. The summed E-state index contributed by atoms with van der Waals surface area (Å²) in [6.07, 6.45) is 1.45. The fraction of sp³-hybridized carbons (Fsp3) is 0.0556. The van der Waals surface area contributed by atoms with Gasteiger partial charge in [-0.3, -0.25) is 5.41 Å². The number of aliphatic hydroxyl groups is 1. The molecule has 130 valence electrons. The van der Waals surface area contributed by atoms with Gasteiger partial charge in [0, 0.05) is 10.0 Å². The third kappa shape index (κ3) is 2.84. The number of aromatic hydroxyl groups is 1. The number of hydrogen-bond donors (Lipinski definition) is 4. The predicted molar refractivity (Wildman–Crippen MR) is 103 cm³/mol. The number of nitrogens with zero attached hydrogens (tertiary/aromatic N) is 3. The maximum absolute atomic E-state index is 10.3. The number of nitrogens with one attached hydrogen (secondary N) is 2. The number of aliphatic hydroxyl groups excluding tert-OH is 1. The quantitative estimate of drug-likeness (QED) is 0.493. The summed E-state index contributed by atoms with van der Waals surface area (Å²) >= 11 is 3.34. The molecule has 0 saturated carbocycles. The van der Waals surface area contributed by atoms with Gasteiger partial charge in [0.25, 0.3) is 0 Å². The van der Waals surface area contributed by atoms with Crippen LogP contribution in [-0.2, 0) is 0 Å². The van der Waals surface area contributed by atoms with E-state index >= 15 is 0 Å². The van der Waals surface area contributed by atoms with Gasteiger partial charge in [-0.05, 0) is 30.3 Å². The Hall–Kier alpha value is -3.13. The highest BCUT2D eigenvalue weighted by Crippen LogP contribution is 2.27. The first-order chi connectivity index (χ1) is 12.5. The second-order valence-electron chi connectivity index (χ2n) is 5.78. The van der Waals surface area contributed by atoms with Gasteiger partial charge in [-0.15, -0.1) is 0 Å². The molecule has 3 aromatic rings. The van der Waals surface area contributed by atoms with Crippen LogP contribution in [-0.4, -0.2) is 43.8 Å². The molecular formula is C18H14BrN5O2. The highest BCUT2D eigenvalue weighted by atomic mass is 79.9. The van der Waals surface area contributed by atoms with Crippen LogP contribution in [0, 0.1) is 5.41 Å². The van der Waals surface area contributed by atoms with Gasteiger partial charge in [-0.2, -0.15) is 5.10 Å². The average Bonchev–Trinajstić information content (AvgIpc) is 3.16. The molecule has 4 rings (SSSR count). The van der Waals surface area contributed by atoms with E-state index in [0.29, 0.717) is 17.0 Å². The second-order valence-corrected chi connectivity index (χ2v) is 6.69. The summed E-state index contributed by atoms with van der Waals surface area (Å²) in [6, 6.07) is 12.5. The van der Waals surface area contributed by atoms with Gasteiger partial charge in [0.2, 0.25) is 0 Å². The monoisotopic (exact) mass is 411 g/mol. The Morgan fingerprint density at radius 2 is 2.04 bits per heavy atom. The Balaban J connectivity index is 1.62. The van der Waals surface area contributed by atoms with E-state index in [-0.39, 0.29) is 23.9 Å². The van der Waals surface area contributed by atoms with Gasteiger partial charge in [0.1, 0.15) is 29.5 Å². The van der Waals surface area contributed by atoms with Gasteiger partial charge in [-0.1, -0.05) is 28.1 Å². The highest BCUT2D eigenvalue weighted by molar-refractivity contribution is 9.10. The van der Waals surface area contributed by atoms with E-state index in [9.17, 15) is 10.2 Å². The Labute approximate surface area is 156 Å². The van der Waals surface area contributed by atoms with E-state index in [0.717, 1.165) is 15.5 Å². The molecule has 2 aromatic carbocycles. The zero-order chi connectivity index (χ0) is 18.3. The Bertz CT molecular complexity index is 1050. The third-order valence-corrected chi connectivity index (χ3v) is 4.53. The molecular weight excluding hydrogens is 398 g/mol. The number of rotatable bonds is 3. The lowest BCUT2D eigenvalue weighted by Crippen LogP contribution is -2.21. The normalized spacial score (nSPS) is 15.0. The van der Waals surface area contributed by atoms with E-state index in [1.807, 2.05) is 24.3 Å². The Morgan fingerprint density at radius 1 is 1.23 bits per heavy atom. The second kappa shape index (κ2) is 6.30. The fourth-order valence-corrected chi connectivity index (χ4v) is 3.12. The number of aromatic nitrogens is 2. The summed E-state index contributed by atoms with van der Waals surface area (Å²) in [5, 5.41) is 34.1. The van der Waals surface area contributed by atoms with E-state index in [1.54, 1.807) is 18.2 Å². The number of aromatic amines is 1. The van der Waals surface area contributed by atoms with Crippen molar-refractivity contribution in [3.8, 4) is 5.75 Å². The molecule has 0 radical (unpaired) electrons. The SMILES string of the molecule is N=C1C(c2nc3ccccc3[nH]2)=C(O)CN1/N=C/c1cc(Br)ccc1O. The minimum absolute atomic E-state index is 0.0182. The fourth-order valence-electron chi connectivity index (χ4n) is 2.74. The molecule has 0 bridgehead atoms. The summed E-state index contributed by atoms with van der Waals surface area (Å²) in [5.41, 5.74) is 2.41. The Kier molecular flexibility index (Phi) is 3.96. The first-order valence-electron chi connectivity index (χ1n) is 7.79. The van der Waals surface area contributed by atoms with Crippen molar-refractivity contribution in [2.24, 2.45) is 5.10 Å². The number of hydrazone groups is 1. The summed E-state index contributed by atoms with van der Waals surface area (Å²) in [6.45, 7) is 0.0659. The smallest absolute Gasteiger partial charge is 0.156 e. The van der Waals surface area contributed by atoms with Crippen LogP contribution in [0.15, 0.2) is 57.8 Å². The number of phenols is 1.